The molecule has 1 aliphatic rings. The van der Waals surface area contributed by atoms with Gasteiger partial charge in [0, 0.05) is 4.88 Å². The van der Waals surface area contributed by atoms with Gasteiger partial charge in [-0.1, -0.05) is 25.5 Å². The summed E-state index contributed by atoms with van der Waals surface area (Å²) in [4.78, 5) is 36.8. The zero-order valence-electron chi connectivity index (χ0n) is 13.7. The number of carboxylic acids is 1. The summed E-state index contributed by atoms with van der Waals surface area (Å²) in [6.45, 7) is 2.03. The van der Waals surface area contributed by atoms with Crippen molar-refractivity contribution in [2.45, 2.75) is 32.6 Å². The number of nitrogens with one attached hydrogen (secondary N) is 1. The highest BCUT2D eigenvalue weighted by Gasteiger charge is 2.34. The van der Waals surface area contributed by atoms with Crippen LogP contribution in [0.5, 0.6) is 0 Å². The lowest BCUT2D eigenvalue weighted by atomic mass is 9.82. The van der Waals surface area contributed by atoms with Crippen molar-refractivity contribution in [3.05, 3.63) is 28.7 Å². The minimum absolute atomic E-state index is 0.317. The van der Waals surface area contributed by atoms with Gasteiger partial charge in [-0.3, -0.25) is 9.59 Å². The van der Waals surface area contributed by atoms with Crippen molar-refractivity contribution in [3.63, 3.8) is 0 Å². The van der Waals surface area contributed by atoms with Crippen LogP contribution in [-0.2, 0) is 20.7 Å². The number of rotatable bonds is 6. The molecule has 0 spiro atoms. The number of hydrogen-bond acceptors (Lipinski definition) is 5. The van der Waals surface area contributed by atoms with Crippen LogP contribution in [0.25, 0.3) is 0 Å². The SMILES string of the molecule is CCCc1cc(C(=O)OC)c(NC(=O)[C@H]2CC=CC[C@@H]2C(=O)O)s1. The van der Waals surface area contributed by atoms with Crippen molar-refractivity contribution in [1.29, 1.82) is 0 Å². The smallest absolute Gasteiger partial charge is 0.340 e. The fraction of sp³-hybridized carbons (Fsp3) is 0.471. The summed E-state index contributed by atoms with van der Waals surface area (Å²) in [5.41, 5.74) is 0.317. The summed E-state index contributed by atoms with van der Waals surface area (Å²) < 4.78 is 4.77. The van der Waals surface area contributed by atoms with Crippen LogP contribution in [0.4, 0.5) is 5.00 Å². The summed E-state index contributed by atoms with van der Waals surface area (Å²) in [6.07, 6.45) is 6.04. The lowest BCUT2D eigenvalue weighted by molar-refractivity contribution is -0.146. The van der Waals surface area contributed by atoms with Crippen molar-refractivity contribution in [1.82, 2.24) is 0 Å². The van der Waals surface area contributed by atoms with Crippen LogP contribution in [-0.4, -0.2) is 30.1 Å². The van der Waals surface area contributed by atoms with Gasteiger partial charge in [-0.25, -0.2) is 4.79 Å². The van der Waals surface area contributed by atoms with E-state index in [0.717, 1.165) is 17.7 Å². The second-order valence-electron chi connectivity index (χ2n) is 5.68. The Morgan fingerprint density at radius 1 is 1.29 bits per heavy atom. The third kappa shape index (κ3) is 4.03. The van der Waals surface area contributed by atoms with Crippen molar-refractivity contribution in [2.75, 3.05) is 12.4 Å². The van der Waals surface area contributed by atoms with E-state index in [-0.39, 0.29) is 5.91 Å². The van der Waals surface area contributed by atoms with Crippen molar-refractivity contribution >= 4 is 34.2 Å². The molecule has 1 heterocycles. The molecule has 0 fully saturated rings. The fourth-order valence-corrected chi connectivity index (χ4v) is 3.90. The molecule has 0 saturated carbocycles. The average molecular weight is 351 g/mol. The Morgan fingerprint density at radius 3 is 2.54 bits per heavy atom. The number of allylic oxidation sites excluding steroid dienone is 2. The first-order valence-electron chi connectivity index (χ1n) is 7.87. The third-order valence-corrected chi connectivity index (χ3v) is 5.12. The van der Waals surface area contributed by atoms with Gasteiger partial charge in [0.25, 0.3) is 0 Å². The largest absolute Gasteiger partial charge is 0.481 e. The highest BCUT2D eigenvalue weighted by molar-refractivity contribution is 7.16. The maximum atomic E-state index is 12.6. The number of ether oxygens (including phenoxy) is 1. The van der Waals surface area contributed by atoms with Gasteiger partial charge in [0.2, 0.25) is 5.91 Å². The van der Waals surface area contributed by atoms with E-state index < -0.39 is 23.8 Å². The van der Waals surface area contributed by atoms with Gasteiger partial charge in [-0.05, 0) is 25.3 Å². The summed E-state index contributed by atoms with van der Waals surface area (Å²) in [7, 11) is 1.29. The highest BCUT2D eigenvalue weighted by atomic mass is 32.1. The second-order valence-corrected chi connectivity index (χ2v) is 6.82. The second kappa shape index (κ2) is 8.10. The Bertz CT molecular complexity index is 664. The molecule has 1 amide bonds. The number of carboxylic acid groups (broad SMARTS) is 1. The normalized spacial score (nSPS) is 19.8. The Morgan fingerprint density at radius 2 is 1.96 bits per heavy atom. The first-order chi connectivity index (χ1) is 11.5. The highest BCUT2D eigenvalue weighted by Crippen LogP contribution is 2.32. The first-order valence-corrected chi connectivity index (χ1v) is 8.69. The van der Waals surface area contributed by atoms with Gasteiger partial charge in [0.1, 0.15) is 5.00 Å². The molecule has 0 unspecified atom stereocenters. The topological polar surface area (TPSA) is 92.7 Å². The van der Waals surface area contributed by atoms with Gasteiger partial charge in [-0.15, -0.1) is 11.3 Å². The number of thiophene rings is 1. The van der Waals surface area contributed by atoms with Gasteiger partial charge < -0.3 is 15.2 Å². The number of methoxy groups -OCH3 is 1. The molecule has 1 aliphatic carbocycles. The minimum atomic E-state index is -0.981. The summed E-state index contributed by atoms with van der Waals surface area (Å²) in [6, 6.07) is 1.73. The van der Waals surface area contributed by atoms with Crippen molar-refractivity contribution in [2.24, 2.45) is 11.8 Å². The minimum Gasteiger partial charge on any atom is -0.481 e. The Labute approximate surface area is 144 Å². The summed E-state index contributed by atoms with van der Waals surface area (Å²) in [5, 5.41) is 12.5. The van der Waals surface area contributed by atoms with E-state index in [1.807, 2.05) is 13.0 Å². The van der Waals surface area contributed by atoms with Gasteiger partial charge in [0.15, 0.2) is 0 Å². The molecule has 0 aromatic carbocycles. The van der Waals surface area contributed by atoms with Crippen LogP contribution >= 0.6 is 11.3 Å². The number of hydrogen-bond donors (Lipinski definition) is 2. The first kappa shape index (κ1) is 18.2. The molecular formula is C17H21NO5S. The molecule has 2 atom stereocenters. The van der Waals surface area contributed by atoms with Crippen LogP contribution in [0.15, 0.2) is 18.2 Å². The predicted molar refractivity (Wildman–Crippen MR) is 91.3 cm³/mol. The molecule has 0 saturated heterocycles. The zero-order chi connectivity index (χ0) is 17.7. The summed E-state index contributed by atoms with van der Waals surface area (Å²) in [5.74, 6) is -3.25. The molecule has 1 aromatic heterocycles. The van der Waals surface area contributed by atoms with E-state index in [4.69, 9.17) is 4.74 Å². The van der Waals surface area contributed by atoms with Crippen LogP contribution in [0.1, 0.15) is 41.4 Å². The van der Waals surface area contributed by atoms with E-state index in [1.165, 1.54) is 18.4 Å². The molecule has 24 heavy (non-hydrogen) atoms. The van der Waals surface area contributed by atoms with Gasteiger partial charge in [-0.2, -0.15) is 0 Å². The standard InChI is InChI=1S/C17H21NO5S/c1-3-6-10-9-13(17(22)23-2)15(24-10)18-14(19)11-7-4-5-8-12(11)16(20)21/h4-5,9,11-12H,3,6-8H2,1-2H3,(H,18,19)(H,20,21)/t11-,12-/m0/s1. The van der Waals surface area contributed by atoms with E-state index in [9.17, 15) is 19.5 Å². The van der Waals surface area contributed by atoms with E-state index >= 15 is 0 Å². The molecule has 1 aromatic rings. The molecule has 6 nitrogen and oxygen atoms in total. The maximum absolute atomic E-state index is 12.6. The summed E-state index contributed by atoms with van der Waals surface area (Å²) >= 11 is 1.33. The van der Waals surface area contributed by atoms with E-state index in [1.54, 1.807) is 12.1 Å². The van der Waals surface area contributed by atoms with E-state index in [0.29, 0.717) is 23.4 Å². The molecule has 0 aliphatic heterocycles. The number of esters is 1. The van der Waals surface area contributed by atoms with Crippen LogP contribution < -0.4 is 5.32 Å². The van der Waals surface area contributed by atoms with Crippen LogP contribution in [0.3, 0.4) is 0 Å². The lowest BCUT2D eigenvalue weighted by Gasteiger charge is -2.24. The van der Waals surface area contributed by atoms with E-state index in [2.05, 4.69) is 5.32 Å². The molecule has 2 N–H and O–H groups in total. The quantitative estimate of drug-likeness (QED) is 0.607. The van der Waals surface area contributed by atoms with Crippen LogP contribution in [0.2, 0.25) is 0 Å². The number of carbonyl (C=O) groups is 3. The Kier molecular flexibility index (Phi) is 6.14. The third-order valence-electron chi connectivity index (χ3n) is 4.01. The van der Waals surface area contributed by atoms with Crippen LogP contribution in [0, 0.1) is 11.8 Å². The lowest BCUT2D eigenvalue weighted by Crippen LogP contribution is -2.34. The molecule has 2 rings (SSSR count). The number of anilines is 1. The van der Waals surface area contributed by atoms with Gasteiger partial charge >= 0.3 is 11.9 Å². The molecular weight excluding hydrogens is 330 g/mol. The van der Waals surface area contributed by atoms with Gasteiger partial charge in [0.05, 0.1) is 24.5 Å². The molecule has 7 heteroatoms. The predicted octanol–water partition coefficient (Wildman–Crippen LogP) is 3.09. The number of amides is 1. The number of aryl methyl sites for hydroxylation is 1. The monoisotopic (exact) mass is 351 g/mol. The van der Waals surface area contributed by atoms with Crippen molar-refractivity contribution < 1.29 is 24.2 Å². The average Bonchev–Trinajstić information content (AvgIpc) is 2.96. The maximum Gasteiger partial charge on any atom is 0.340 e. The Balaban J connectivity index is 2.22. The molecule has 0 radical (unpaired) electrons. The Hall–Kier alpha value is -2.15. The molecule has 130 valence electrons. The number of carbonyl (C=O) groups excluding carboxylic acids is 2. The van der Waals surface area contributed by atoms with Crippen molar-refractivity contribution in [3.8, 4) is 0 Å². The number of aliphatic carboxylic acids is 1. The fourth-order valence-electron chi connectivity index (χ4n) is 2.75. The molecule has 0 bridgehead atoms. The zero-order valence-corrected chi connectivity index (χ0v) is 14.5.